The molecule has 1 saturated carbocycles. The molecule has 17 heavy (non-hydrogen) atoms. The van der Waals surface area contributed by atoms with Gasteiger partial charge < -0.3 is 4.42 Å². The Morgan fingerprint density at radius 3 is 2.82 bits per heavy atom. The van der Waals surface area contributed by atoms with Crippen LogP contribution in [-0.2, 0) is 5.75 Å². The quantitative estimate of drug-likeness (QED) is 0.756. The Hall–Kier alpha value is -0.890. The number of rotatable bonds is 3. The van der Waals surface area contributed by atoms with Crippen molar-refractivity contribution in [3.05, 3.63) is 36.1 Å². The summed E-state index contributed by atoms with van der Waals surface area (Å²) in [4.78, 5) is 0. The maximum atomic E-state index is 5.58. The van der Waals surface area contributed by atoms with Gasteiger partial charge in [0.1, 0.15) is 5.58 Å². The third kappa shape index (κ3) is 2.52. The lowest BCUT2D eigenvalue weighted by Crippen LogP contribution is -2.07. The van der Waals surface area contributed by atoms with Crippen LogP contribution in [0.15, 0.2) is 34.9 Å². The molecule has 90 valence electrons. The fraction of sp³-hybridized carbons (Fsp3) is 0.467. The van der Waals surface area contributed by atoms with Crippen LogP contribution in [0, 0.1) is 0 Å². The summed E-state index contributed by atoms with van der Waals surface area (Å²) >= 11 is 2.11. The molecular weight excluding hydrogens is 228 g/mol. The lowest BCUT2D eigenvalue weighted by Gasteiger charge is -2.20. The van der Waals surface area contributed by atoms with Crippen molar-refractivity contribution in [1.29, 1.82) is 0 Å². The Morgan fingerprint density at radius 2 is 1.94 bits per heavy atom. The first-order chi connectivity index (χ1) is 8.43. The molecule has 1 nitrogen and oxygen atoms in total. The number of furan rings is 1. The molecule has 0 N–H and O–H groups in total. The SMILES string of the molecule is c1ccc2c(CSC3CCCCC3)coc2c1. The van der Waals surface area contributed by atoms with Gasteiger partial charge >= 0.3 is 0 Å². The fourth-order valence-corrected chi connectivity index (χ4v) is 3.89. The maximum absolute atomic E-state index is 5.58. The van der Waals surface area contributed by atoms with Crippen molar-refractivity contribution in [1.82, 2.24) is 0 Å². The molecule has 1 heterocycles. The summed E-state index contributed by atoms with van der Waals surface area (Å²) in [6.07, 6.45) is 9.01. The van der Waals surface area contributed by atoms with Crippen molar-refractivity contribution in [2.75, 3.05) is 0 Å². The van der Waals surface area contributed by atoms with E-state index in [1.165, 1.54) is 43.1 Å². The standard InChI is InChI=1S/C15H18OS/c1-2-6-13(7-3-1)17-11-12-10-16-15-9-5-4-8-14(12)15/h4-5,8-10,13H,1-3,6-7,11H2. The highest BCUT2D eigenvalue weighted by Crippen LogP contribution is 2.32. The first-order valence-electron chi connectivity index (χ1n) is 6.50. The monoisotopic (exact) mass is 246 g/mol. The molecule has 1 fully saturated rings. The molecule has 0 spiro atoms. The summed E-state index contributed by atoms with van der Waals surface area (Å²) in [6.45, 7) is 0. The zero-order chi connectivity index (χ0) is 11.5. The summed E-state index contributed by atoms with van der Waals surface area (Å²) in [5, 5.41) is 2.16. The minimum absolute atomic E-state index is 0.873. The Balaban J connectivity index is 1.68. The molecule has 2 heteroatoms. The van der Waals surface area contributed by atoms with E-state index in [9.17, 15) is 0 Å². The molecule has 0 aliphatic heterocycles. The zero-order valence-corrected chi connectivity index (χ0v) is 10.8. The largest absolute Gasteiger partial charge is 0.464 e. The zero-order valence-electron chi connectivity index (χ0n) is 10.0. The lowest BCUT2D eigenvalue weighted by atomic mass is 10.0. The van der Waals surface area contributed by atoms with Crippen molar-refractivity contribution < 1.29 is 4.42 Å². The number of hydrogen-bond acceptors (Lipinski definition) is 2. The van der Waals surface area contributed by atoms with Gasteiger partial charge in [-0.25, -0.2) is 0 Å². The van der Waals surface area contributed by atoms with Crippen LogP contribution < -0.4 is 0 Å². The first-order valence-corrected chi connectivity index (χ1v) is 7.55. The van der Waals surface area contributed by atoms with E-state index in [4.69, 9.17) is 4.42 Å². The molecular formula is C15H18OS. The Morgan fingerprint density at radius 1 is 1.12 bits per heavy atom. The van der Waals surface area contributed by atoms with Gasteiger partial charge in [-0.15, -0.1) is 0 Å². The predicted molar refractivity (Wildman–Crippen MR) is 74.4 cm³/mol. The minimum Gasteiger partial charge on any atom is -0.464 e. The number of para-hydroxylation sites is 1. The van der Waals surface area contributed by atoms with Gasteiger partial charge in [0.2, 0.25) is 0 Å². The minimum atomic E-state index is 0.873. The van der Waals surface area contributed by atoms with E-state index >= 15 is 0 Å². The highest BCUT2D eigenvalue weighted by Gasteiger charge is 2.14. The Bertz CT molecular complexity index is 482. The molecule has 1 aromatic heterocycles. The molecule has 1 aliphatic carbocycles. The van der Waals surface area contributed by atoms with Gasteiger partial charge in [0, 0.05) is 22.0 Å². The van der Waals surface area contributed by atoms with Gasteiger partial charge in [-0.1, -0.05) is 37.5 Å². The third-order valence-electron chi connectivity index (χ3n) is 3.59. The molecule has 1 aromatic carbocycles. The maximum Gasteiger partial charge on any atom is 0.134 e. The van der Waals surface area contributed by atoms with E-state index < -0.39 is 0 Å². The van der Waals surface area contributed by atoms with Crippen LogP contribution in [0.1, 0.15) is 37.7 Å². The van der Waals surface area contributed by atoms with Crippen LogP contribution in [0.3, 0.4) is 0 Å². The third-order valence-corrected chi connectivity index (χ3v) is 5.01. The van der Waals surface area contributed by atoms with Crippen LogP contribution in [-0.4, -0.2) is 5.25 Å². The predicted octanol–water partition coefficient (Wildman–Crippen LogP) is 5.00. The number of thioether (sulfide) groups is 1. The summed E-state index contributed by atoms with van der Waals surface area (Å²) in [7, 11) is 0. The van der Waals surface area contributed by atoms with Gasteiger partial charge in [-0.3, -0.25) is 0 Å². The van der Waals surface area contributed by atoms with Crippen molar-refractivity contribution in [3.63, 3.8) is 0 Å². The van der Waals surface area contributed by atoms with Crippen LogP contribution in [0.5, 0.6) is 0 Å². The number of benzene rings is 1. The van der Waals surface area contributed by atoms with Crippen LogP contribution in [0.4, 0.5) is 0 Å². The molecule has 0 saturated heterocycles. The van der Waals surface area contributed by atoms with E-state index in [0.717, 1.165) is 16.6 Å². The van der Waals surface area contributed by atoms with Crippen LogP contribution in [0.25, 0.3) is 11.0 Å². The van der Waals surface area contributed by atoms with E-state index in [0.29, 0.717) is 0 Å². The number of hydrogen-bond donors (Lipinski definition) is 0. The second-order valence-electron chi connectivity index (χ2n) is 4.83. The van der Waals surface area contributed by atoms with E-state index in [1.807, 2.05) is 18.4 Å². The molecule has 1 aliphatic rings. The van der Waals surface area contributed by atoms with Crippen molar-refractivity contribution in [2.24, 2.45) is 0 Å². The topological polar surface area (TPSA) is 13.1 Å². The van der Waals surface area contributed by atoms with Gasteiger partial charge in [0.15, 0.2) is 0 Å². The van der Waals surface area contributed by atoms with E-state index in [-0.39, 0.29) is 0 Å². The van der Waals surface area contributed by atoms with Crippen molar-refractivity contribution in [3.8, 4) is 0 Å². The van der Waals surface area contributed by atoms with Gasteiger partial charge in [-0.2, -0.15) is 11.8 Å². The Kier molecular flexibility index (Phi) is 3.41. The smallest absolute Gasteiger partial charge is 0.134 e. The van der Waals surface area contributed by atoms with Crippen molar-refractivity contribution >= 4 is 22.7 Å². The summed E-state index contributed by atoms with van der Waals surface area (Å²) in [6, 6.07) is 8.33. The normalized spacial score (nSPS) is 17.6. The van der Waals surface area contributed by atoms with Crippen LogP contribution >= 0.6 is 11.8 Å². The van der Waals surface area contributed by atoms with Crippen LogP contribution in [0.2, 0.25) is 0 Å². The van der Waals surface area contributed by atoms with Gasteiger partial charge in [0.05, 0.1) is 6.26 Å². The molecule has 0 bridgehead atoms. The molecule has 2 aromatic rings. The molecule has 0 unspecified atom stereocenters. The molecule has 3 rings (SSSR count). The Labute approximate surface area is 107 Å². The first kappa shape index (κ1) is 11.2. The molecule has 0 amide bonds. The molecule has 0 atom stereocenters. The van der Waals surface area contributed by atoms with Crippen molar-refractivity contribution in [2.45, 2.75) is 43.1 Å². The second kappa shape index (κ2) is 5.18. The second-order valence-corrected chi connectivity index (χ2v) is 6.12. The average Bonchev–Trinajstić information content (AvgIpc) is 2.81. The highest BCUT2D eigenvalue weighted by molar-refractivity contribution is 7.99. The fourth-order valence-electron chi connectivity index (χ4n) is 2.58. The number of fused-ring (bicyclic) bond motifs is 1. The van der Waals surface area contributed by atoms with E-state index in [1.54, 1.807) is 0 Å². The highest BCUT2D eigenvalue weighted by atomic mass is 32.2. The van der Waals surface area contributed by atoms with E-state index in [2.05, 4.69) is 23.9 Å². The summed E-state index contributed by atoms with van der Waals surface area (Å²) in [5.41, 5.74) is 2.38. The lowest BCUT2D eigenvalue weighted by molar-refractivity contribution is 0.516. The molecule has 0 radical (unpaired) electrons. The average molecular weight is 246 g/mol. The van der Waals surface area contributed by atoms with Gasteiger partial charge in [0.25, 0.3) is 0 Å². The summed E-state index contributed by atoms with van der Waals surface area (Å²) in [5.74, 6) is 1.10. The summed E-state index contributed by atoms with van der Waals surface area (Å²) < 4.78 is 5.58. The van der Waals surface area contributed by atoms with Gasteiger partial charge in [-0.05, 0) is 18.9 Å².